The molecule has 0 aliphatic carbocycles. The molecule has 120 valence electrons. The Morgan fingerprint density at radius 3 is 2.57 bits per heavy atom. The van der Waals surface area contributed by atoms with Crippen LogP contribution in [-0.4, -0.2) is 29.3 Å². The minimum Gasteiger partial charge on any atom is -0.368 e. The van der Waals surface area contributed by atoms with Crippen molar-refractivity contribution in [3.8, 4) is 0 Å². The molecule has 0 saturated carbocycles. The molecule has 0 radical (unpaired) electrons. The highest BCUT2D eigenvalue weighted by molar-refractivity contribution is 5.95. The molecule has 0 unspecified atom stereocenters. The summed E-state index contributed by atoms with van der Waals surface area (Å²) < 4.78 is 0. The van der Waals surface area contributed by atoms with Crippen molar-refractivity contribution in [1.29, 1.82) is 0 Å². The Morgan fingerprint density at radius 2 is 1.83 bits per heavy atom. The third-order valence-electron chi connectivity index (χ3n) is 3.75. The van der Waals surface area contributed by atoms with E-state index in [1.54, 1.807) is 0 Å². The highest BCUT2D eigenvalue weighted by atomic mass is 16.7. The van der Waals surface area contributed by atoms with Gasteiger partial charge in [-0.15, -0.1) is 0 Å². The summed E-state index contributed by atoms with van der Waals surface area (Å²) in [5.74, 6) is 0.392. The van der Waals surface area contributed by atoms with Crippen LogP contribution in [0.2, 0.25) is 0 Å². The van der Waals surface area contributed by atoms with Crippen LogP contribution in [0.3, 0.4) is 0 Å². The number of nitrogens with zero attached hydrogens (tertiary/aromatic N) is 3. The SMILES string of the molecule is CC1(C)N=C(N)N=C(N)N1OCCc1ccc2ccccc2c1. The van der Waals surface area contributed by atoms with Gasteiger partial charge in [0.1, 0.15) is 0 Å². The molecule has 1 heterocycles. The van der Waals surface area contributed by atoms with E-state index < -0.39 is 5.66 Å². The van der Waals surface area contributed by atoms with Gasteiger partial charge < -0.3 is 11.5 Å². The zero-order valence-corrected chi connectivity index (χ0v) is 13.4. The molecule has 6 nitrogen and oxygen atoms in total. The van der Waals surface area contributed by atoms with E-state index in [-0.39, 0.29) is 11.9 Å². The molecule has 2 aromatic rings. The molecule has 0 aromatic heterocycles. The average Bonchev–Trinajstić information content (AvgIpc) is 2.49. The molecule has 0 atom stereocenters. The van der Waals surface area contributed by atoms with Gasteiger partial charge in [0.25, 0.3) is 0 Å². The van der Waals surface area contributed by atoms with Gasteiger partial charge in [-0.25, -0.2) is 4.99 Å². The second kappa shape index (κ2) is 5.89. The summed E-state index contributed by atoms with van der Waals surface area (Å²) in [6, 6.07) is 14.7. The number of aliphatic imine (C=N–C) groups is 2. The molecule has 6 heteroatoms. The molecule has 0 amide bonds. The fourth-order valence-corrected chi connectivity index (χ4v) is 2.67. The first-order valence-electron chi connectivity index (χ1n) is 7.56. The molecule has 1 aliphatic rings. The largest absolute Gasteiger partial charge is 0.368 e. The minimum atomic E-state index is -0.667. The van der Waals surface area contributed by atoms with Gasteiger partial charge >= 0.3 is 0 Å². The summed E-state index contributed by atoms with van der Waals surface area (Å²) in [4.78, 5) is 14.0. The maximum absolute atomic E-state index is 5.89. The van der Waals surface area contributed by atoms with E-state index in [2.05, 4.69) is 40.3 Å². The van der Waals surface area contributed by atoms with E-state index >= 15 is 0 Å². The van der Waals surface area contributed by atoms with Crippen LogP contribution in [0, 0.1) is 0 Å². The summed E-state index contributed by atoms with van der Waals surface area (Å²) in [5, 5.41) is 3.96. The molecule has 4 N–H and O–H groups in total. The normalized spacial score (nSPS) is 17.0. The Labute approximate surface area is 135 Å². The van der Waals surface area contributed by atoms with Gasteiger partial charge in [0.15, 0.2) is 5.66 Å². The molecule has 0 bridgehead atoms. The van der Waals surface area contributed by atoms with Crippen LogP contribution in [0.4, 0.5) is 0 Å². The molecule has 2 aromatic carbocycles. The lowest BCUT2D eigenvalue weighted by molar-refractivity contribution is -0.156. The van der Waals surface area contributed by atoms with Crippen molar-refractivity contribution in [2.45, 2.75) is 25.9 Å². The number of guanidine groups is 2. The van der Waals surface area contributed by atoms with Crippen molar-refractivity contribution in [3.63, 3.8) is 0 Å². The second-order valence-electron chi connectivity index (χ2n) is 5.99. The number of hydrogen-bond donors (Lipinski definition) is 2. The van der Waals surface area contributed by atoms with Crippen LogP contribution >= 0.6 is 0 Å². The third-order valence-corrected chi connectivity index (χ3v) is 3.75. The van der Waals surface area contributed by atoms with Crippen LogP contribution in [0.5, 0.6) is 0 Å². The summed E-state index contributed by atoms with van der Waals surface area (Å²) in [6.45, 7) is 4.22. The zero-order valence-electron chi connectivity index (χ0n) is 13.4. The van der Waals surface area contributed by atoms with Crippen molar-refractivity contribution in [3.05, 3.63) is 48.0 Å². The first-order chi connectivity index (χ1) is 11.0. The van der Waals surface area contributed by atoms with Crippen LogP contribution in [0.15, 0.2) is 52.4 Å². The number of nitrogens with two attached hydrogens (primary N) is 2. The van der Waals surface area contributed by atoms with Crippen LogP contribution in [0.1, 0.15) is 19.4 Å². The number of hydroxylamine groups is 2. The van der Waals surface area contributed by atoms with E-state index in [4.69, 9.17) is 16.3 Å². The predicted molar refractivity (Wildman–Crippen MR) is 92.8 cm³/mol. The lowest BCUT2D eigenvalue weighted by Crippen LogP contribution is -2.53. The van der Waals surface area contributed by atoms with Gasteiger partial charge in [-0.05, 0) is 36.6 Å². The van der Waals surface area contributed by atoms with E-state index in [9.17, 15) is 0 Å². The monoisotopic (exact) mass is 311 g/mol. The number of hydrogen-bond acceptors (Lipinski definition) is 6. The Balaban J connectivity index is 1.65. The number of benzene rings is 2. The van der Waals surface area contributed by atoms with Crippen molar-refractivity contribution in [2.75, 3.05) is 6.61 Å². The molecule has 23 heavy (non-hydrogen) atoms. The molecule has 1 aliphatic heterocycles. The first-order valence-corrected chi connectivity index (χ1v) is 7.56. The molecule has 0 spiro atoms. The number of rotatable bonds is 4. The van der Waals surface area contributed by atoms with Gasteiger partial charge in [0.2, 0.25) is 11.9 Å². The molecular formula is C17H21N5O. The fourth-order valence-electron chi connectivity index (χ4n) is 2.67. The third kappa shape index (κ3) is 3.27. The Morgan fingerprint density at radius 1 is 1.09 bits per heavy atom. The molecular weight excluding hydrogens is 290 g/mol. The lowest BCUT2D eigenvalue weighted by atomic mass is 10.1. The Bertz CT molecular complexity index is 781. The minimum absolute atomic E-state index is 0.168. The number of fused-ring (bicyclic) bond motifs is 1. The van der Waals surface area contributed by atoms with E-state index in [1.165, 1.54) is 21.4 Å². The van der Waals surface area contributed by atoms with Gasteiger partial charge in [-0.1, -0.05) is 42.5 Å². The van der Waals surface area contributed by atoms with Crippen LogP contribution in [0.25, 0.3) is 10.8 Å². The second-order valence-corrected chi connectivity index (χ2v) is 5.99. The first kappa shape index (κ1) is 15.3. The maximum atomic E-state index is 5.89. The summed E-state index contributed by atoms with van der Waals surface area (Å²) >= 11 is 0. The molecule has 3 rings (SSSR count). The lowest BCUT2D eigenvalue weighted by Gasteiger charge is -2.36. The highest BCUT2D eigenvalue weighted by Crippen LogP contribution is 2.20. The van der Waals surface area contributed by atoms with Crippen molar-refractivity contribution in [2.24, 2.45) is 21.5 Å². The quantitative estimate of drug-likeness (QED) is 0.903. The topological polar surface area (TPSA) is 89.2 Å². The van der Waals surface area contributed by atoms with Crippen molar-refractivity contribution >= 4 is 22.7 Å². The van der Waals surface area contributed by atoms with E-state index in [0.29, 0.717) is 6.61 Å². The smallest absolute Gasteiger partial charge is 0.226 e. The van der Waals surface area contributed by atoms with Gasteiger partial charge in [0.05, 0.1) is 6.61 Å². The molecule has 0 fully saturated rings. The predicted octanol–water partition coefficient (Wildman–Crippen LogP) is 2.00. The Hall–Kier alpha value is -2.60. The fraction of sp³-hybridized carbons (Fsp3) is 0.294. The summed E-state index contributed by atoms with van der Waals surface area (Å²) in [5.41, 5.74) is 12.1. The zero-order chi connectivity index (χ0) is 16.4. The standard InChI is InChI=1S/C17H21N5O/c1-17(2)21-15(18)20-16(19)22(17)23-10-9-12-7-8-13-5-3-4-6-14(13)11-12/h3-8,11H,9-10H2,1-2H3,(H4,18,19,20,21). The summed E-state index contributed by atoms with van der Waals surface area (Å²) in [6.07, 6.45) is 0.768. The van der Waals surface area contributed by atoms with Gasteiger partial charge in [0, 0.05) is 0 Å². The van der Waals surface area contributed by atoms with Crippen molar-refractivity contribution in [1.82, 2.24) is 5.06 Å². The highest BCUT2D eigenvalue weighted by Gasteiger charge is 2.32. The van der Waals surface area contributed by atoms with Crippen LogP contribution < -0.4 is 11.5 Å². The van der Waals surface area contributed by atoms with Crippen LogP contribution in [-0.2, 0) is 11.3 Å². The average molecular weight is 311 g/mol. The van der Waals surface area contributed by atoms with Gasteiger partial charge in [-0.2, -0.15) is 10.1 Å². The van der Waals surface area contributed by atoms with E-state index in [0.717, 1.165) is 6.42 Å². The molecule has 0 saturated heterocycles. The summed E-state index contributed by atoms with van der Waals surface area (Å²) in [7, 11) is 0. The maximum Gasteiger partial charge on any atom is 0.226 e. The van der Waals surface area contributed by atoms with Crippen molar-refractivity contribution < 1.29 is 4.84 Å². The van der Waals surface area contributed by atoms with Gasteiger partial charge in [-0.3, -0.25) is 4.84 Å². The van der Waals surface area contributed by atoms with E-state index in [1.807, 2.05) is 26.0 Å². The Kier molecular flexibility index (Phi) is 3.92.